The van der Waals surface area contributed by atoms with Crippen LogP contribution in [0.25, 0.3) is 0 Å². The Morgan fingerprint density at radius 2 is 1.86 bits per heavy atom. The molecule has 1 aromatic rings. The number of para-hydroxylation sites is 1. The Morgan fingerprint density at radius 3 is 2.38 bits per heavy atom. The normalized spacial score (nSPS) is 12.5. The fourth-order valence-corrected chi connectivity index (χ4v) is 2.51. The van der Waals surface area contributed by atoms with Gasteiger partial charge in [0.2, 0.25) is 5.91 Å². The Bertz CT molecular complexity index is 442. The maximum absolute atomic E-state index is 12.2. The van der Waals surface area contributed by atoms with Gasteiger partial charge in [-0.2, -0.15) is 0 Å². The number of benzene rings is 1. The lowest BCUT2D eigenvalue weighted by molar-refractivity contribution is -0.125. The molecule has 1 unspecified atom stereocenters. The molecule has 21 heavy (non-hydrogen) atoms. The average Bonchev–Trinajstić information content (AvgIpc) is 2.48. The van der Waals surface area contributed by atoms with Crippen LogP contribution >= 0.6 is 0 Å². The molecule has 1 rings (SSSR count). The van der Waals surface area contributed by atoms with Crippen molar-refractivity contribution >= 4 is 5.91 Å². The van der Waals surface area contributed by atoms with E-state index in [9.17, 15) is 4.79 Å². The van der Waals surface area contributed by atoms with Gasteiger partial charge < -0.3 is 15.0 Å². The number of hydrogen-bond acceptors (Lipinski definition) is 3. The molecule has 4 nitrogen and oxygen atoms in total. The van der Waals surface area contributed by atoms with Crippen LogP contribution in [0.1, 0.15) is 38.3 Å². The number of likely N-dealkylation sites (N-methyl/N-ethyl adjacent to an activating group) is 1. The molecule has 0 aromatic heterocycles. The molecule has 0 saturated carbocycles. The van der Waals surface area contributed by atoms with Gasteiger partial charge in [-0.25, -0.2) is 0 Å². The van der Waals surface area contributed by atoms with Crippen LogP contribution in [0.3, 0.4) is 0 Å². The predicted molar refractivity (Wildman–Crippen MR) is 86.5 cm³/mol. The summed E-state index contributed by atoms with van der Waals surface area (Å²) in [5.41, 5.74) is 1.09. The minimum atomic E-state index is 0.0967. The zero-order valence-electron chi connectivity index (χ0n) is 13.8. The summed E-state index contributed by atoms with van der Waals surface area (Å²) in [7, 11) is 5.70. The van der Waals surface area contributed by atoms with Crippen molar-refractivity contribution in [1.82, 2.24) is 10.2 Å². The lowest BCUT2D eigenvalue weighted by Gasteiger charge is -2.27. The highest BCUT2D eigenvalue weighted by Crippen LogP contribution is 2.27. The maximum atomic E-state index is 12.2. The van der Waals surface area contributed by atoms with Crippen molar-refractivity contribution in [3.8, 4) is 5.75 Å². The zero-order chi connectivity index (χ0) is 15.8. The number of nitrogens with zero attached hydrogens (tertiary/aromatic N) is 1. The van der Waals surface area contributed by atoms with Gasteiger partial charge in [-0.05, 0) is 33.0 Å². The first kappa shape index (κ1) is 17.5. The van der Waals surface area contributed by atoms with Crippen LogP contribution in [-0.2, 0) is 4.79 Å². The number of methoxy groups -OCH3 is 1. The standard InChI is InChI=1S/C17H28N2O2/c1-6-13(7-2)17(20)18-12-15(19(3)4)14-10-8-9-11-16(14)21-5/h8-11,13,15H,6-7,12H2,1-5H3,(H,18,20). The molecule has 0 aliphatic heterocycles. The fourth-order valence-electron chi connectivity index (χ4n) is 2.51. The monoisotopic (exact) mass is 292 g/mol. The van der Waals surface area contributed by atoms with Crippen LogP contribution in [0.5, 0.6) is 5.75 Å². The van der Waals surface area contributed by atoms with Crippen LogP contribution in [-0.4, -0.2) is 38.6 Å². The van der Waals surface area contributed by atoms with E-state index in [4.69, 9.17) is 4.74 Å². The van der Waals surface area contributed by atoms with Gasteiger partial charge in [-0.3, -0.25) is 4.79 Å². The van der Waals surface area contributed by atoms with Crippen molar-refractivity contribution in [3.63, 3.8) is 0 Å². The second-order valence-corrected chi connectivity index (χ2v) is 5.48. The van der Waals surface area contributed by atoms with E-state index in [0.717, 1.165) is 24.2 Å². The van der Waals surface area contributed by atoms with Gasteiger partial charge in [-0.1, -0.05) is 32.0 Å². The minimum absolute atomic E-state index is 0.0967. The molecular formula is C17H28N2O2. The first-order chi connectivity index (χ1) is 10.0. The summed E-state index contributed by atoms with van der Waals surface area (Å²) in [6.07, 6.45) is 1.76. The summed E-state index contributed by atoms with van der Waals surface area (Å²) in [5, 5.41) is 3.08. The Balaban J connectivity index is 2.82. The highest BCUT2D eigenvalue weighted by molar-refractivity contribution is 5.78. The van der Waals surface area contributed by atoms with E-state index in [1.54, 1.807) is 7.11 Å². The van der Waals surface area contributed by atoms with E-state index in [-0.39, 0.29) is 17.9 Å². The third-order valence-corrected chi connectivity index (χ3v) is 3.95. The summed E-state index contributed by atoms with van der Waals surface area (Å²) in [6.45, 7) is 4.69. The molecule has 0 heterocycles. The summed E-state index contributed by atoms with van der Waals surface area (Å²) < 4.78 is 5.43. The van der Waals surface area contributed by atoms with E-state index in [2.05, 4.69) is 24.1 Å². The topological polar surface area (TPSA) is 41.6 Å². The molecule has 0 bridgehead atoms. The van der Waals surface area contributed by atoms with E-state index < -0.39 is 0 Å². The van der Waals surface area contributed by atoms with Gasteiger partial charge in [0, 0.05) is 18.0 Å². The molecule has 0 radical (unpaired) electrons. The van der Waals surface area contributed by atoms with E-state index in [1.807, 2.05) is 38.4 Å². The fraction of sp³-hybridized carbons (Fsp3) is 0.588. The van der Waals surface area contributed by atoms with E-state index >= 15 is 0 Å². The molecule has 118 valence electrons. The molecule has 4 heteroatoms. The number of amides is 1. The van der Waals surface area contributed by atoms with Gasteiger partial charge in [0.15, 0.2) is 0 Å². The molecule has 0 aliphatic rings. The molecular weight excluding hydrogens is 264 g/mol. The smallest absolute Gasteiger partial charge is 0.223 e. The quantitative estimate of drug-likeness (QED) is 0.801. The molecule has 0 saturated heterocycles. The molecule has 1 atom stereocenters. The Labute approximate surface area is 128 Å². The van der Waals surface area contributed by atoms with Crippen LogP contribution in [0.2, 0.25) is 0 Å². The number of carbonyl (C=O) groups is 1. The second-order valence-electron chi connectivity index (χ2n) is 5.48. The van der Waals surface area contributed by atoms with E-state index in [0.29, 0.717) is 6.54 Å². The molecule has 1 aromatic carbocycles. The summed E-state index contributed by atoms with van der Waals surface area (Å²) >= 11 is 0. The van der Waals surface area contributed by atoms with Crippen LogP contribution in [0, 0.1) is 5.92 Å². The Kier molecular flexibility index (Phi) is 7.23. The van der Waals surface area contributed by atoms with Crippen molar-refractivity contribution in [3.05, 3.63) is 29.8 Å². The highest BCUT2D eigenvalue weighted by atomic mass is 16.5. The molecule has 1 amide bonds. The second kappa shape index (κ2) is 8.67. The van der Waals surface area contributed by atoms with Crippen molar-refractivity contribution in [2.45, 2.75) is 32.7 Å². The van der Waals surface area contributed by atoms with Crippen molar-refractivity contribution < 1.29 is 9.53 Å². The third-order valence-electron chi connectivity index (χ3n) is 3.95. The molecule has 0 aliphatic carbocycles. The van der Waals surface area contributed by atoms with Crippen molar-refractivity contribution in [1.29, 1.82) is 0 Å². The van der Waals surface area contributed by atoms with Crippen molar-refractivity contribution in [2.24, 2.45) is 5.92 Å². The van der Waals surface area contributed by atoms with Gasteiger partial charge in [0.25, 0.3) is 0 Å². The predicted octanol–water partition coefficient (Wildman–Crippen LogP) is 2.85. The third kappa shape index (κ3) is 4.74. The molecule has 0 fully saturated rings. The lowest BCUT2D eigenvalue weighted by atomic mass is 10.0. The molecule has 0 spiro atoms. The van der Waals surface area contributed by atoms with E-state index in [1.165, 1.54) is 0 Å². The number of rotatable bonds is 8. The average molecular weight is 292 g/mol. The summed E-state index contributed by atoms with van der Waals surface area (Å²) in [6, 6.07) is 8.05. The maximum Gasteiger partial charge on any atom is 0.223 e. The largest absolute Gasteiger partial charge is 0.496 e. The first-order valence-corrected chi connectivity index (χ1v) is 7.62. The van der Waals surface area contributed by atoms with Crippen LogP contribution in [0.4, 0.5) is 0 Å². The number of nitrogens with one attached hydrogen (secondary N) is 1. The number of carbonyl (C=O) groups excluding carboxylic acids is 1. The summed E-state index contributed by atoms with van der Waals surface area (Å²) in [4.78, 5) is 14.3. The van der Waals surface area contributed by atoms with Gasteiger partial charge in [-0.15, -0.1) is 0 Å². The van der Waals surface area contributed by atoms with Crippen LogP contribution in [0.15, 0.2) is 24.3 Å². The van der Waals surface area contributed by atoms with Crippen LogP contribution < -0.4 is 10.1 Å². The molecule has 1 N–H and O–H groups in total. The first-order valence-electron chi connectivity index (χ1n) is 7.62. The SMILES string of the molecule is CCC(CC)C(=O)NCC(c1ccccc1OC)N(C)C. The lowest BCUT2D eigenvalue weighted by Crippen LogP contribution is -2.37. The number of ether oxygens (including phenoxy) is 1. The van der Waals surface area contributed by atoms with Crippen molar-refractivity contribution in [2.75, 3.05) is 27.7 Å². The highest BCUT2D eigenvalue weighted by Gasteiger charge is 2.21. The van der Waals surface area contributed by atoms with Gasteiger partial charge >= 0.3 is 0 Å². The zero-order valence-corrected chi connectivity index (χ0v) is 13.8. The van der Waals surface area contributed by atoms with Gasteiger partial charge in [0.05, 0.1) is 13.2 Å². The number of hydrogen-bond donors (Lipinski definition) is 1. The Morgan fingerprint density at radius 1 is 1.24 bits per heavy atom. The van der Waals surface area contributed by atoms with Gasteiger partial charge in [0.1, 0.15) is 5.75 Å². The minimum Gasteiger partial charge on any atom is -0.496 e. The Hall–Kier alpha value is -1.55. The summed E-state index contributed by atoms with van der Waals surface area (Å²) in [5.74, 6) is 1.10.